The van der Waals surface area contributed by atoms with Crippen molar-refractivity contribution in [3.63, 3.8) is 0 Å². The maximum atomic E-state index is 12.3. The number of rotatable bonds is 7. The first kappa shape index (κ1) is 25.3. The van der Waals surface area contributed by atoms with E-state index in [1.54, 1.807) is 0 Å². The van der Waals surface area contributed by atoms with Gasteiger partial charge < -0.3 is 20.1 Å². The lowest BCUT2D eigenvalue weighted by atomic mass is 9.40. The van der Waals surface area contributed by atoms with Gasteiger partial charge in [0.15, 0.2) is 0 Å². The molecule has 4 aliphatic rings. The number of hydrogen-bond donors (Lipinski definition) is 3. The summed E-state index contributed by atoms with van der Waals surface area (Å²) in [5, 5.41) is 32.9. The van der Waals surface area contributed by atoms with Crippen molar-refractivity contribution in [3.05, 3.63) is 0 Å². The van der Waals surface area contributed by atoms with Crippen molar-refractivity contribution in [1.29, 1.82) is 0 Å². The zero-order valence-electron chi connectivity index (χ0n) is 21.1. The molecule has 0 aliphatic heterocycles. The van der Waals surface area contributed by atoms with Crippen molar-refractivity contribution in [3.8, 4) is 0 Å². The van der Waals surface area contributed by atoms with Crippen LogP contribution in [-0.4, -0.2) is 45.7 Å². The topological polar surface area (TPSA) is 94.8 Å². The number of fused-ring (bicyclic) bond motifs is 5. The molecule has 188 valence electrons. The lowest BCUT2D eigenvalue weighted by Crippen LogP contribution is -2.69. The van der Waals surface area contributed by atoms with Gasteiger partial charge in [0, 0.05) is 30.1 Å². The molecule has 0 heterocycles. The summed E-state index contributed by atoms with van der Waals surface area (Å²) in [6, 6.07) is 0. The number of aliphatic hydroxyl groups excluding tert-OH is 2. The molecule has 6 unspecified atom stereocenters. The highest BCUT2D eigenvalue weighted by molar-refractivity contribution is 5.80. The second-order valence-electron chi connectivity index (χ2n) is 12.9. The maximum absolute atomic E-state index is 12.3. The standard InChI is InChI=1S/C28H46O5/c1-17(2)25(32)8-5-18(3)22-6-7-23-21-13-19(15-29)28(33)14-20(31)9-12-27(28,16-30)24(21)10-11-26(22,23)4/h15,17-24,30-31,33H,5-14,16H2,1-4H3/t18?,19-,20-,21?,22?,23?,24?,26+,27-,28?/m0/s1. The maximum Gasteiger partial charge on any atom is 0.135 e. The Labute approximate surface area is 199 Å². The van der Waals surface area contributed by atoms with E-state index in [-0.39, 0.29) is 30.3 Å². The van der Waals surface area contributed by atoms with Gasteiger partial charge in [0.25, 0.3) is 0 Å². The normalized spacial score (nSPS) is 48.0. The molecule has 10 atom stereocenters. The summed E-state index contributed by atoms with van der Waals surface area (Å²) in [5.74, 6) is 2.03. The molecule has 33 heavy (non-hydrogen) atoms. The fourth-order valence-electron chi connectivity index (χ4n) is 9.46. The van der Waals surface area contributed by atoms with E-state index in [0.29, 0.717) is 55.1 Å². The predicted octanol–water partition coefficient (Wildman–Crippen LogP) is 4.16. The zero-order chi connectivity index (χ0) is 24.2. The van der Waals surface area contributed by atoms with Crippen molar-refractivity contribution in [1.82, 2.24) is 0 Å². The molecular weight excluding hydrogens is 416 g/mol. The fraction of sp³-hybridized carbons (Fsp3) is 0.929. The van der Waals surface area contributed by atoms with E-state index in [9.17, 15) is 24.9 Å². The van der Waals surface area contributed by atoms with Gasteiger partial charge in [0.2, 0.25) is 0 Å². The van der Waals surface area contributed by atoms with Crippen LogP contribution < -0.4 is 0 Å². The molecule has 5 heteroatoms. The van der Waals surface area contributed by atoms with Gasteiger partial charge in [-0.3, -0.25) is 4.79 Å². The predicted molar refractivity (Wildman–Crippen MR) is 127 cm³/mol. The van der Waals surface area contributed by atoms with Crippen LogP contribution in [0, 0.1) is 52.3 Å². The summed E-state index contributed by atoms with van der Waals surface area (Å²) in [4.78, 5) is 24.5. The summed E-state index contributed by atoms with van der Waals surface area (Å²) in [6.45, 7) is 8.62. The minimum atomic E-state index is -1.31. The second kappa shape index (κ2) is 9.02. The van der Waals surface area contributed by atoms with E-state index in [4.69, 9.17) is 0 Å². The van der Waals surface area contributed by atoms with E-state index in [2.05, 4.69) is 13.8 Å². The molecule has 5 nitrogen and oxygen atoms in total. The molecule has 3 N–H and O–H groups in total. The Kier molecular flexibility index (Phi) is 6.92. The number of aldehydes is 1. The minimum absolute atomic E-state index is 0.101. The lowest BCUT2D eigenvalue weighted by molar-refractivity contribution is -0.258. The first-order valence-electron chi connectivity index (χ1n) is 13.5. The molecule has 0 radical (unpaired) electrons. The van der Waals surface area contributed by atoms with Crippen molar-refractivity contribution in [2.45, 2.75) is 104 Å². The Balaban J connectivity index is 1.59. The van der Waals surface area contributed by atoms with Crippen molar-refractivity contribution in [2.24, 2.45) is 52.3 Å². The highest BCUT2D eigenvalue weighted by atomic mass is 16.3. The molecule has 4 fully saturated rings. The van der Waals surface area contributed by atoms with Gasteiger partial charge in [0.1, 0.15) is 12.1 Å². The molecule has 0 spiro atoms. The van der Waals surface area contributed by atoms with E-state index >= 15 is 0 Å². The number of aliphatic hydroxyl groups is 3. The van der Waals surface area contributed by atoms with E-state index < -0.39 is 23.0 Å². The molecule has 0 aromatic heterocycles. The smallest absolute Gasteiger partial charge is 0.135 e. The van der Waals surface area contributed by atoms with Gasteiger partial charge in [-0.15, -0.1) is 0 Å². The van der Waals surface area contributed by atoms with Crippen LogP contribution in [-0.2, 0) is 9.59 Å². The molecule has 4 rings (SSSR count). The van der Waals surface area contributed by atoms with Crippen LogP contribution in [0.15, 0.2) is 0 Å². The SMILES string of the molecule is CC(C)C(=O)CCC(C)C1CCC2C3C[C@@H](C=O)C4(O)C[C@@H](O)CC[C@]4(CO)C3CC[C@]12C. The number of carbonyl (C=O) groups is 2. The Morgan fingerprint density at radius 3 is 2.45 bits per heavy atom. The van der Waals surface area contributed by atoms with Gasteiger partial charge in [-0.05, 0) is 86.4 Å². The average molecular weight is 463 g/mol. The summed E-state index contributed by atoms with van der Waals surface area (Å²) in [7, 11) is 0. The highest BCUT2D eigenvalue weighted by Crippen LogP contribution is 2.70. The highest BCUT2D eigenvalue weighted by Gasteiger charge is 2.69. The van der Waals surface area contributed by atoms with Crippen LogP contribution in [0.2, 0.25) is 0 Å². The van der Waals surface area contributed by atoms with Gasteiger partial charge in [-0.2, -0.15) is 0 Å². The van der Waals surface area contributed by atoms with Crippen LogP contribution in [0.3, 0.4) is 0 Å². The van der Waals surface area contributed by atoms with Crippen LogP contribution in [0.1, 0.15) is 91.9 Å². The van der Waals surface area contributed by atoms with Crippen LogP contribution >= 0.6 is 0 Å². The molecule has 4 aliphatic carbocycles. The number of carbonyl (C=O) groups excluding carboxylic acids is 2. The molecular formula is C28H46O5. The third-order valence-corrected chi connectivity index (χ3v) is 11.3. The number of Topliss-reactive ketones (excluding diaryl/α,β-unsaturated/α-hetero) is 1. The van der Waals surface area contributed by atoms with Gasteiger partial charge >= 0.3 is 0 Å². The Morgan fingerprint density at radius 1 is 1.09 bits per heavy atom. The average Bonchev–Trinajstić information content (AvgIpc) is 3.13. The van der Waals surface area contributed by atoms with Gasteiger partial charge in [0.05, 0.1) is 18.3 Å². The van der Waals surface area contributed by atoms with Gasteiger partial charge in [-0.25, -0.2) is 0 Å². The van der Waals surface area contributed by atoms with Crippen molar-refractivity contribution < 1.29 is 24.9 Å². The Morgan fingerprint density at radius 2 is 1.82 bits per heavy atom. The first-order chi connectivity index (χ1) is 15.5. The molecule has 4 saturated carbocycles. The molecule has 0 aromatic carbocycles. The summed E-state index contributed by atoms with van der Waals surface area (Å²) >= 11 is 0. The van der Waals surface area contributed by atoms with Crippen LogP contribution in [0.4, 0.5) is 0 Å². The first-order valence-corrected chi connectivity index (χ1v) is 13.5. The largest absolute Gasteiger partial charge is 0.396 e. The molecule has 0 bridgehead atoms. The van der Waals surface area contributed by atoms with E-state index in [0.717, 1.165) is 32.0 Å². The quantitative estimate of drug-likeness (QED) is 0.494. The van der Waals surface area contributed by atoms with E-state index in [1.165, 1.54) is 6.42 Å². The summed E-state index contributed by atoms with van der Waals surface area (Å²) in [6.07, 6.45) is 8.33. The fourth-order valence-corrected chi connectivity index (χ4v) is 9.46. The van der Waals surface area contributed by atoms with Crippen LogP contribution in [0.25, 0.3) is 0 Å². The minimum Gasteiger partial charge on any atom is -0.396 e. The number of hydrogen-bond acceptors (Lipinski definition) is 5. The molecule has 0 saturated heterocycles. The lowest BCUT2D eigenvalue weighted by Gasteiger charge is -2.66. The Hall–Kier alpha value is -0.780. The monoisotopic (exact) mass is 462 g/mol. The zero-order valence-corrected chi connectivity index (χ0v) is 21.1. The molecule has 0 aromatic rings. The van der Waals surface area contributed by atoms with Crippen LogP contribution in [0.5, 0.6) is 0 Å². The van der Waals surface area contributed by atoms with Gasteiger partial charge in [-0.1, -0.05) is 27.7 Å². The van der Waals surface area contributed by atoms with E-state index in [1.807, 2.05) is 13.8 Å². The summed E-state index contributed by atoms with van der Waals surface area (Å²) in [5.41, 5.74) is -1.80. The third-order valence-electron chi connectivity index (χ3n) is 11.3. The third kappa shape index (κ3) is 3.76. The molecule has 0 amide bonds. The van der Waals surface area contributed by atoms with Crippen molar-refractivity contribution >= 4 is 12.1 Å². The summed E-state index contributed by atoms with van der Waals surface area (Å²) < 4.78 is 0. The number of ketones is 1. The second-order valence-corrected chi connectivity index (χ2v) is 12.9. The van der Waals surface area contributed by atoms with Crippen molar-refractivity contribution in [2.75, 3.05) is 6.61 Å². The Bertz CT molecular complexity index is 751.